The second-order valence-electron chi connectivity index (χ2n) is 4.53. The van der Waals surface area contributed by atoms with Crippen LogP contribution in [-0.2, 0) is 11.2 Å². The van der Waals surface area contributed by atoms with Crippen LogP contribution in [0.15, 0.2) is 18.3 Å². The minimum absolute atomic E-state index is 0.478. The van der Waals surface area contributed by atoms with E-state index in [-0.39, 0.29) is 0 Å². The zero-order valence-electron chi connectivity index (χ0n) is 10.2. The quantitative estimate of drug-likeness (QED) is 0.836. The van der Waals surface area contributed by atoms with Crippen molar-refractivity contribution in [1.29, 1.82) is 0 Å². The topological polar surface area (TPSA) is 51.2 Å². The molecule has 88 valence electrons. The molecule has 0 bridgehead atoms. The molecule has 0 aliphatic rings. The Morgan fingerprint density at radius 3 is 2.75 bits per heavy atom. The van der Waals surface area contributed by atoms with Gasteiger partial charge >= 0.3 is 6.09 Å². The molecule has 0 atom stereocenters. The molecule has 1 rings (SSSR count). The van der Waals surface area contributed by atoms with Crippen molar-refractivity contribution in [2.75, 3.05) is 5.32 Å². The number of nitrogens with zero attached hydrogens (tertiary/aromatic N) is 1. The van der Waals surface area contributed by atoms with Gasteiger partial charge in [-0.2, -0.15) is 0 Å². The molecule has 0 radical (unpaired) electrons. The van der Waals surface area contributed by atoms with Gasteiger partial charge in [0.15, 0.2) is 0 Å². The molecule has 0 aliphatic carbocycles. The van der Waals surface area contributed by atoms with Gasteiger partial charge in [-0.1, -0.05) is 6.92 Å². The Kier molecular flexibility index (Phi) is 3.88. The first-order chi connectivity index (χ1) is 7.40. The van der Waals surface area contributed by atoms with Crippen LogP contribution in [0.5, 0.6) is 0 Å². The van der Waals surface area contributed by atoms with E-state index < -0.39 is 11.7 Å². The van der Waals surface area contributed by atoms with E-state index in [1.54, 1.807) is 6.20 Å². The van der Waals surface area contributed by atoms with Crippen LogP contribution >= 0.6 is 0 Å². The number of hydrogen-bond donors (Lipinski definition) is 1. The largest absolute Gasteiger partial charge is 0.444 e. The third kappa shape index (κ3) is 4.29. The fourth-order valence-corrected chi connectivity index (χ4v) is 1.17. The van der Waals surface area contributed by atoms with Crippen molar-refractivity contribution in [3.05, 3.63) is 23.9 Å². The van der Waals surface area contributed by atoms with Gasteiger partial charge in [-0.25, -0.2) is 9.78 Å². The van der Waals surface area contributed by atoms with Crippen LogP contribution in [0.2, 0.25) is 0 Å². The summed E-state index contributed by atoms with van der Waals surface area (Å²) in [5, 5.41) is 2.60. The normalized spacial score (nSPS) is 11.0. The summed E-state index contributed by atoms with van der Waals surface area (Å²) in [5.74, 6) is 0.522. The SMILES string of the molecule is CCc1ccnc(NC(=O)OC(C)(C)C)c1. The average molecular weight is 222 g/mol. The van der Waals surface area contributed by atoms with E-state index in [1.807, 2.05) is 39.8 Å². The van der Waals surface area contributed by atoms with Gasteiger partial charge in [0.05, 0.1) is 0 Å². The van der Waals surface area contributed by atoms with Crippen LogP contribution in [0.3, 0.4) is 0 Å². The summed E-state index contributed by atoms with van der Waals surface area (Å²) in [5.41, 5.74) is 0.632. The molecule has 0 saturated heterocycles. The number of aryl methyl sites for hydroxylation is 1. The monoisotopic (exact) mass is 222 g/mol. The number of anilines is 1. The molecule has 0 aliphatic heterocycles. The van der Waals surface area contributed by atoms with Crippen molar-refractivity contribution in [2.24, 2.45) is 0 Å². The van der Waals surface area contributed by atoms with Crippen LogP contribution < -0.4 is 5.32 Å². The number of hydrogen-bond acceptors (Lipinski definition) is 3. The van der Waals surface area contributed by atoms with Gasteiger partial charge < -0.3 is 4.74 Å². The molecule has 1 N–H and O–H groups in total. The Morgan fingerprint density at radius 1 is 1.50 bits per heavy atom. The van der Waals surface area contributed by atoms with E-state index in [4.69, 9.17) is 4.74 Å². The fourth-order valence-electron chi connectivity index (χ4n) is 1.17. The number of aromatic nitrogens is 1. The van der Waals surface area contributed by atoms with Crippen LogP contribution in [0, 0.1) is 0 Å². The third-order valence-electron chi connectivity index (χ3n) is 1.86. The fraction of sp³-hybridized carbons (Fsp3) is 0.500. The number of amides is 1. The Bertz CT molecular complexity index is 370. The standard InChI is InChI=1S/C12H18N2O2/c1-5-9-6-7-13-10(8-9)14-11(15)16-12(2,3)4/h6-8H,5H2,1-4H3,(H,13,14,15). The summed E-state index contributed by atoms with van der Waals surface area (Å²) < 4.78 is 5.13. The van der Waals surface area contributed by atoms with Crippen molar-refractivity contribution in [3.63, 3.8) is 0 Å². The van der Waals surface area contributed by atoms with Gasteiger partial charge in [0.1, 0.15) is 11.4 Å². The second-order valence-corrected chi connectivity index (χ2v) is 4.53. The number of carbonyl (C=O) groups excluding carboxylic acids is 1. The number of rotatable bonds is 2. The van der Waals surface area contributed by atoms with Crippen molar-refractivity contribution < 1.29 is 9.53 Å². The summed E-state index contributed by atoms with van der Waals surface area (Å²) in [6, 6.07) is 3.75. The van der Waals surface area contributed by atoms with Crippen LogP contribution in [0.1, 0.15) is 33.3 Å². The molecule has 1 amide bonds. The maximum absolute atomic E-state index is 11.5. The Labute approximate surface area is 96.0 Å². The van der Waals surface area contributed by atoms with E-state index in [0.29, 0.717) is 5.82 Å². The summed E-state index contributed by atoms with van der Waals surface area (Å²) >= 11 is 0. The van der Waals surface area contributed by atoms with Crippen molar-refractivity contribution >= 4 is 11.9 Å². The minimum Gasteiger partial charge on any atom is -0.444 e. The number of ether oxygens (including phenoxy) is 1. The highest BCUT2D eigenvalue weighted by molar-refractivity contribution is 5.83. The molecule has 4 heteroatoms. The molecule has 0 fully saturated rings. The van der Waals surface area contributed by atoms with E-state index in [2.05, 4.69) is 10.3 Å². The van der Waals surface area contributed by atoms with Crippen LogP contribution in [-0.4, -0.2) is 16.7 Å². The van der Waals surface area contributed by atoms with E-state index in [1.165, 1.54) is 0 Å². The first-order valence-electron chi connectivity index (χ1n) is 5.35. The molecule has 1 aromatic rings. The number of carbonyl (C=O) groups is 1. The van der Waals surface area contributed by atoms with E-state index >= 15 is 0 Å². The lowest BCUT2D eigenvalue weighted by atomic mass is 10.2. The maximum Gasteiger partial charge on any atom is 0.413 e. The van der Waals surface area contributed by atoms with Crippen molar-refractivity contribution in [3.8, 4) is 0 Å². The second kappa shape index (κ2) is 4.96. The third-order valence-corrected chi connectivity index (χ3v) is 1.86. The molecule has 16 heavy (non-hydrogen) atoms. The Balaban J connectivity index is 2.62. The molecular formula is C12H18N2O2. The summed E-state index contributed by atoms with van der Waals surface area (Å²) in [6.07, 6.45) is 2.10. The summed E-state index contributed by atoms with van der Waals surface area (Å²) in [4.78, 5) is 15.5. The van der Waals surface area contributed by atoms with Gasteiger partial charge in [0.2, 0.25) is 0 Å². The van der Waals surface area contributed by atoms with Gasteiger partial charge in [-0.15, -0.1) is 0 Å². The van der Waals surface area contributed by atoms with Gasteiger partial charge in [-0.05, 0) is 44.9 Å². The molecule has 0 aromatic carbocycles. The van der Waals surface area contributed by atoms with Gasteiger partial charge in [-0.3, -0.25) is 5.32 Å². The number of nitrogens with one attached hydrogen (secondary N) is 1. The zero-order chi connectivity index (χ0) is 12.2. The Hall–Kier alpha value is -1.58. The maximum atomic E-state index is 11.5. The van der Waals surface area contributed by atoms with Gasteiger partial charge in [0, 0.05) is 6.20 Å². The lowest BCUT2D eigenvalue weighted by Crippen LogP contribution is -2.27. The average Bonchev–Trinajstić information content (AvgIpc) is 2.15. The van der Waals surface area contributed by atoms with Crippen molar-refractivity contribution in [2.45, 2.75) is 39.7 Å². The number of pyridine rings is 1. The predicted molar refractivity (Wildman–Crippen MR) is 63.5 cm³/mol. The molecular weight excluding hydrogens is 204 g/mol. The first-order valence-corrected chi connectivity index (χ1v) is 5.35. The molecule has 1 aromatic heterocycles. The molecule has 4 nitrogen and oxygen atoms in total. The highest BCUT2D eigenvalue weighted by Gasteiger charge is 2.16. The summed E-state index contributed by atoms with van der Waals surface area (Å²) in [6.45, 7) is 7.51. The molecule has 0 saturated carbocycles. The molecule has 1 heterocycles. The van der Waals surface area contributed by atoms with Crippen molar-refractivity contribution in [1.82, 2.24) is 4.98 Å². The van der Waals surface area contributed by atoms with E-state index in [0.717, 1.165) is 12.0 Å². The smallest absolute Gasteiger partial charge is 0.413 e. The first kappa shape index (κ1) is 12.5. The highest BCUT2D eigenvalue weighted by Crippen LogP contribution is 2.11. The lowest BCUT2D eigenvalue weighted by Gasteiger charge is -2.19. The zero-order valence-corrected chi connectivity index (χ0v) is 10.2. The van der Waals surface area contributed by atoms with Crippen LogP contribution in [0.25, 0.3) is 0 Å². The Morgan fingerprint density at radius 2 is 2.19 bits per heavy atom. The van der Waals surface area contributed by atoms with E-state index in [9.17, 15) is 4.79 Å². The predicted octanol–water partition coefficient (Wildman–Crippen LogP) is 2.99. The van der Waals surface area contributed by atoms with Gasteiger partial charge in [0.25, 0.3) is 0 Å². The molecule has 0 spiro atoms. The molecule has 0 unspecified atom stereocenters. The highest BCUT2D eigenvalue weighted by atomic mass is 16.6. The summed E-state index contributed by atoms with van der Waals surface area (Å²) in [7, 11) is 0. The lowest BCUT2D eigenvalue weighted by molar-refractivity contribution is 0.0635. The van der Waals surface area contributed by atoms with Crippen LogP contribution in [0.4, 0.5) is 10.6 Å². The minimum atomic E-state index is -0.494.